The molecular weight excluding hydrogens is 248 g/mol. The van der Waals surface area contributed by atoms with Gasteiger partial charge >= 0.3 is 5.97 Å². The summed E-state index contributed by atoms with van der Waals surface area (Å²) in [5.41, 5.74) is 0. The van der Waals surface area contributed by atoms with E-state index in [0.29, 0.717) is 25.5 Å². The molecule has 0 heterocycles. The number of hydrogen-bond donors (Lipinski definition) is 3. The van der Waals surface area contributed by atoms with Crippen LogP contribution in [-0.4, -0.2) is 49.3 Å². The second-order valence-corrected chi connectivity index (χ2v) is 4.96. The third-order valence-corrected chi connectivity index (χ3v) is 3.38. The molecule has 0 bridgehead atoms. The van der Waals surface area contributed by atoms with Crippen molar-refractivity contribution in [2.24, 2.45) is 0 Å². The predicted molar refractivity (Wildman–Crippen MR) is 70.9 cm³/mol. The van der Waals surface area contributed by atoms with Crippen LogP contribution >= 0.6 is 0 Å². The minimum atomic E-state index is -0.995. The first-order valence-electron chi connectivity index (χ1n) is 6.88. The molecule has 6 heteroatoms. The van der Waals surface area contributed by atoms with Crippen molar-refractivity contribution in [2.75, 3.05) is 20.3 Å². The molecule has 1 aliphatic rings. The summed E-state index contributed by atoms with van der Waals surface area (Å²) in [6.45, 7) is 0.693. The van der Waals surface area contributed by atoms with Crippen LogP contribution < -0.4 is 10.6 Å². The first-order chi connectivity index (χ1) is 9.13. The quantitative estimate of drug-likeness (QED) is 0.532. The fraction of sp³-hybridized carbons (Fsp3) is 0.846. The summed E-state index contributed by atoms with van der Waals surface area (Å²) in [6, 6.07) is -0.421. The van der Waals surface area contributed by atoms with Gasteiger partial charge in [-0.05, 0) is 25.7 Å². The molecule has 1 fully saturated rings. The maximum atomic E-state index is 11.7. The average Bonchev–Trinajstić information content (AvgIpc) is 2.88. The lowest BCUT2D eigenvalue weighted by molar-refractivity contribution is -0.142. The van der Waals surface area contributed by atoms with Crippen LogP contribution in [0.25, 0.3) is 0 Å². The fourth-order valence-electron chi connectivity index (χ4n) is 2.30. The third kappa shape index (κ3) is 6.54. The molecule has 1 amide bonds. The van der Waals surface area contributed by atoms with Gasteiger partial charge in [-0.2, -0.15) is 0 Å². The molecule has 1 atom stereocenters. The van der Waals surface area contributed by atoms with E-state index in [1.807, 2.05) is 0 Å². The fourth-order valence-corrected chi connectivity index (χ4v) is 2.30. The van der Waals surface area contributed by atoms with E-state index in [-0.39, 0.29) is 12.5 Å². The number of carboxylic acid groups (broad SMARTS) is 1. The SMILES string of the molecule is COCCCC(NC(=O)CNC1CCCC1)C(=O)O. The summed E-state index contributed by atoms with van der Waals surface area (Å²) in [5, 5.41) is 14.7. The summed E-state index contributed by atoms with van der Waals surface area (Å²) in [4.78, 5) is 22.7. The maximum absolute atomic E-state index is 11.7. The van der Waals surface area contributed by atoms with E-state index in [9.17, 15) is 9.59 Å². The predicted octanol–water partition coefficient (Wildman–Crippen LogP) is 0.515. The van der Waals surface area contributed by atoms with Gasteiger partial charge < -0.3 is 20.5 Å². The van der Waals surface area contributed by atoms with Crippen molar-refractivity contribution in [3.8, 4) is 0 Å². The minimum absolute atomic E-state index is 0.193. The highest BCUT2D eigenvalue weighted by atomic mass is 16.5. The Balaban J connectivity index is 2.23. The number of carbonyl (C=O) groups is 2. The molecule has 1 unspecified atom stereocenters. The Morgan fingerprint density at radius 2 is 2.05 bits per heavy atom. The Morgan fingerprint density at radius 1 is 1.37 bits per heavy atom. The molecule has 0 saturated heterocycles. The molecule has 110 valence electrons. The molecule has 0 spiro atoms. The van der Waals surface area contributed by atoms with Gasteiger partial charge in [0.15, 0.2) is 0 Å². The van der Waals surface area contributed by atoms with Gasteiger partial charge in [-0.25, -0.2) is 4.79 Å². The normalized spacial score (nSPS) is 17.3. The van der Waals surface area contributed by atoms with E-state index in [1.165, 1.54) is 12.8 Å². The Labute approximate surface area is 113 Å². The topological polar surface area (TPSA) is 87.7 Å². The summed E-state index contributed by atoms with van der Waals surface area (Å²) in [6.07, 6.45) is 5.61. The van der Waals surface area contributed by atoms with E-state index in [1.54, 1.807) is 7.11 Å². The van der Waals surface area contributed by atoms with Crippen molar-refractivity contribution >= 4 is 11.9 Å². The summed E-state index contributed by atoms with van der Waals surface area (Å²) in [7, 11) is 1.57. The van der Waals surface area contributed by atoms with Crippen molar-refractivity contribution in [2.45, 2.75) is 50.6 Å². The van der Waals surface area contributed by atoms with E-state index < -0.39 is 12.0 Å². The van der Waals surface area contributed by atoms with Gasteiger partial charge in [0.2, 0.25) is 5.91 Å². The van der Waals surface area contributed by atoms with Crippen molar-refractivity contribution in [1.82, 2.24) is 10.6 Å². The number of rotatable bonds is 9. The molecule has 0 radical (unpaired) electrons. The van der Waals surface area contributed by atoms with Gasteiger partial charge in [-0.1, -0.05) is 12.8 Å². The van der Waals surface area contributed by atoms with Crippen molar-refractivity contribution in [3.63, 3.8) is 0 Å². The number of amides is 1. The molecule has 19 heavy (non-hydrogen) atoms. The Hall–Kier alpha value is -1.14. The minimum Gasteiger partial charge on any atom is -0.480 e. The van der Waals surface area contributed by atoms with E-state index >= 15 is 0 Å². The molecule has 1 aliphatic carbocycles. The molecule has 1 rings (SSSR count). The number of aliphatic carboxylic acids is 1. The van der Waals surface area contributed by atoms with Crippen molar-refractivity contribution in [3.05, 3.63) is 0 Å². The second-order valence-electron chi connectivity index (χ2n) is 4.96. The summed E-state index contributed by atoms with van der Waals surface area (Å²) < 4.78 is 4.87. The summed E-state index contributed by atoms with van der Waals surface area (Å²) in [5.74, 6) is -1.25. The van der Waals surface area contributed by atoms with E-state index in [2.05, 4.69) is 10.6 Å². The van der Waals surface area contributed by atoms with Gasteiger partial charge in [0.05, 0.1) is 6.54 Å². The van der Waals surface area contributed by atoms with Crippen LogP contribution in [0.1, 0.15) is 38.5 Å². The van der Waals surface area contributed by atoms with Gasteiger partial charge in [-0.15, -0.1) is 0 Å². The van der Waals surface area contributed by atoms with Crippen LogP contribution in [0.3, 0.4) is 0 Å². The summed E-state index contributed by atoms with van der Waals surface area (Å²) >= 11 is 0. The molecule has 3 N–H and O–H groups in total. The molecule has 0 aromatic rings. The zero-order valence-corrected chi connectivity index (χ0v) is 11.5. The lowest BCUT2D eigenvalue weighted by Gasteiger charge is -2.16. The highest BCUT2D eigenvalue weighted by Crippen LogP contribution is 2.17. The zero-order chi connectivity index (χ0) is 14.1. The van der Waals surface area contributed by atoms with Crippen LogP contribution in [0, 0.1) is 0 Å². The van der Waals surface area contributed by atoms with Crippen LogP contribution in [-0.2, 0) is 14.3 Å². The number of ether oxygens (including phenoxy) is 1. The van der Waals surface area contributed by atoms with Crippen molar-refractivity contribution < 1.29 is 19.4 Å². The number of methoxy groups -OCH3 is 1. The number of hydrogen-bond acceptors (Lipinski definition) is 4. The van der Waals surface area contributed by atoms with Crippen LogP contribution in [0.4, 0.5) is 0 Å². The molecule has 6 nitrogen and oxygen atoms in total. The highest BCUT2D eigenvalue weighted by molar-refractivity contribution is 5.84. The molecule has 0 aromatic heterocycles. The number of carbonyl (C=O) groups excluding carboxylic acids is 1. The van der Waals surface area contributed by atoms with E-state index in [0.717, 1.165) is 12.8 Å². The van der Waals surface area contributed by atoms with Crippen LogP contribution in [0.15, 0.2) is 0 Å². The van der Waals surface area contributed by atoms with Gasteiger partial charge in [0, 0.05) is 19.8 Å². The highest BCUT2D eigenvalue weighted by Gasteiger charge is 2.20. The largest absolute Gasteiger partial charge is 0.480 e. The van der Waals surface area contributed by atoms with Gasteiger partial charge in [0.25, 0.3) is 0 Å². The first kappa shape index (κ1) is 15.9. The third-order valence-electron chi connectivity index (χ3n) is 3.38. The monoisotopic (exact) mass is 272 g/mol. The van der Waals surface area contributed by atoms with Crippen LogP contribution in [0.2, 0.25) is 0 Å². The number of nitrogens with one attached hydrogen (secondary N) is 2. The van der Waals surface area contributed by atoms with Crippen molar-refractivity contribution in [1.29, 1.82) is 0 Å². The first-order valence-corrected chi connectivity index (χ1v) is 6.88. The molecule has 0 aliphatic heterocycles. The molecular formula is C13H24N2O4. The molecule has 0 aromatic carbocycles. The number of carboxylic acids is 1. The van der Waals surface area contributed by atoms with Crippen LogP contribution in [0.5, 0.6) is 0 Å². The maximum Gasteiger partial charge on any atom is 0.326 e. The zero-order valence-electron chi connectivity index (χ0n) is 11.5. The lowest BCUT2D eigenvalue weighted by Crippen LogP contribution is -2.46. The average molecular weight is 272 g/mol. The van der Waals surface area contributed by atoms with Gasteiger partial charge in [0.1, 0.15) is 6.04 Å². The lowest BCUT2D eigenvalue weighted by atomic mass is 10.1. The Morgan fingerprint density at radius 3 is 2.63 bits per heavy atom. The van der Waals surface area contributed by atoms with E-state index in [4.69, 9.17) is 9.84 Å². The molecule has 1 saturated carbocycles. The second kappa shape index (κ2) is 8.87. The smallest absolute Gasteiger partial charge is 0.326 e. The Bertz CT molecular complexity index is 290. The Kier molecular flexibility index (Phi) is 7.43. The van der Waals surface area contributed by atoms with Gasteiger partial charge in [-0.3, -0.25) is 4.79 Å². The standard InChI is InChI=1S/C13H24N2O4/c1-19-8-4-7-11(13(17)18)15-12(16)9-14-10-5-2-3-6-10/h10-11,14H,2-9H2,1H3,(H,15,16)(H,17,18).